The highest BCUT2D eigenvalue weighted by molar-refractivity contribution is 7.91. The number of nitrogens with zero attached hydrogens (tertiary/aromatic N) is 1. The largest absolute Gasteiger partial charge is 0.382 e. The first kappa shape index (κ1) is 15.2. The SMILES string of the molecule is CCCOCCCNc1snc(N)c1S(C)(=O)=O. The molecule has 1 rings (SSSR count). The van der Waals surface area contributed by atoms with Gasteiger partial charge >= 0.3 is 0 Å². The molecule has 1 aromatic rings. The second-order valence-electron chi connectivity index (χ2n) is 3.89. The van der Waals surface area contributed by atoms with E-state index in [-0.39, 0.29) is 10.7 Å². The van der Waals surface area contributed by atoms with E-state index >= 15 is 0 Å². The van der Waals surface area contributed by atoms with Crippen LogP contribution in [0.15, 0.2) is 4.90 Å². The van der Waals surface area contributed by atoms with E-state index in [1.54, 1.807) is 0 Å². The molecule has 8 heteroatoms. The number of hydrogen-bond acceptors (Lipinski definition) is 7. The van der Waals surface area contributed by atoms with E-state index in [1.807, 2.05) is 0 Å². The molecule has 0 saturated heterocycles. The fourth-order valence-corrected chi connectivity index (χ4v) is 3.48. The standard InChI is InChI=1S/C10H19N3O3S2/c1-3-6-16-7-4-5-12-10-8(18(2,14)15)9(11)13-17-10/h12H,3-7H2,1-2H3,(H2,11,13). The summed E-state index contributed by atoms with van der Waals surface area (Å²) in [5.74, 6) is 0.0623. The van der Waals surface area contributed by atoms with Crippen LogP contribution in [-0.2, 0) is 14.6 Å². The lowest BCUT2D eigenvalue weighted by molar-refractivity contribution is 0.134. The van der Waals surface area contributed by atoms with Gasteiger partial charge in [-0.15, -0.1) is 0 Å². The first-order valence-corrected chi connectivity index (χ1v) is 8.40. The number of anilines is 2. The molecule has 0 saturated carbocycles. The Balaban J connectivity index is 2.49. The molecule has 0 aliphatic rings. The van der Waals surface area contributed by atoms with E-state index in [4.69, 9.17) is 10.5 Å². The van der Waals surface area contributed by atoms with Crippen LogP contribution in [0.5, 0.6) is 0 Å². The summed E-state index contributed by atoms with van der Waals surface area (Å²) < 4.78 is 32.2. The van der Waals surface area contributed by atoms with E-state index in [9.17, 15) is 8.42 Å². The Bertz CT molecular complexity index is 471. The second kappa shape index (κ2) is 6.91. The Morgan fingerprint density at radius 3 is 2.78 bits per heavy atom. The maximum atomic E-state index is 11.5. The number of nitrogens with one attached hydrogen (secondary N) is 1. The number of hydrogen-bond donors (Lipinski definition) is 2. The van der Waals surface area contributed by atoms with Crippen molar-refractivity contribution in [1.29, 1.82) is 0 Å². The van der Waals surface area contributed by atoms with Crippen molar-refractivity contribution in [3.8, 4) is 0 Å². The van der Waals surface area contributed by atoms with E-state index in [2.05, 4.69) is 16.6 Å². The first-order valence-electron chi connectivity index (χ1n) is 5.73. The Morgan fingerprint density at radius 1 is 1.44 bits per heavy atom. The molecular formula is C10H19N3O3S2. The highest BCUT2D eigenvalue weighted by atomic mass is 32.2. The number of ether oxygens (including phenoxy) is 1. The molecule has 0 unspecified atom stereocenters. The van der Waals surface area contributed by atoms with Crippen LogP contribution >= 0.6 is 11.5 Å². The number of nitrogen functional groups attached to an aromatic ring is 1. The zero-order valence-corrected chi connectivity index (χ0v) is 12.2. The van der Waals surface area contributed by atoms with E-state index in [0.717, 1.165) is 37.2 Å². The number of aromatic nitrogens is 1. The average molecular weight is 293 g/mol. The third-order valence-electron chi connectivity index (χ3n) is 2.14. The summed E-state index contributed by atoms with van der Waals surface area (Å²) in [5.41, 5.74) is 5.55. The van der Waals surface area contributed by atoms with Gasteiger partial charge in [-0.3, -0.25) is 0 Å². The summed E-state index contributed by atoms with van der Waals surface area (Å²) in [5, 5.41) is 3.54. The molecule has 0 aromatic carbocycles. The Labute approximate surface area is 112 Å². The van der Waals surface area contributed by atoms with Crippen molar-refractivity contribution >= 4 is 32.2 Å². The Kier molecular flexibility index (Phi) is 5.83. The van der Waals surface area contributed by atoms with Crippen molar-refractivity contribution in [3.63, 3.8) is 0 Å². The molecule has 0 amide bonds. The predicted molar refractivity (Wildman–Crippen MR) is 73.9 cm³/mol. The van der Waals surface area contributed by atoms with Gasteiger partial charge in [0.1, 0.15) is 9.90 Å². The van der Waals surface area contributed by atoms with Gasteiger partial charge in [-0.05, 0) is 24.4 Å². The van der Waals surface area contributed by atoms with Crippen molar-refractivity contribution in [2.24, 2.45) is 0 Å². The van der Waals surface area contributed by atoms with Crippen molar-refractivity contribution < 1.29 is 13.2 Å². The van der Waals surface area contributed by atoms with Crippen LogP contribution in [0.3, 0.4) is 0 Å². The van der Waals surface area contributed by atoms with Crippen LogP contribution < -0.4 is 11.1 Å². The van der Waals surface area contributed by atoms with Crippen LogP contribution in [0.4, 0.5) is 10.8 Å². The van der Waals surface area contributed by atoms with Gasteiger partial charge in [-0.1, -0.05) is 6.92 Å². The normalized spacial score (nSPS) is 11.7. The Hall–Kier alpha value is -0.860. The number of nitrogens with two attached hydrogens (primary N) is 1. The summed E-state index contributed by atoms with van der Waals surface area (Å²) in [6.45, 7) is 4.09. The molecule has 0 radical (unpaired) electrons. The average Bonchev–Trinajstić information content (AvgIpc) is 2.64. The van der Waals surface area contributed by atoms with Crippen LogP contribution in [0, 0.1) is 0 Å². The van der Waals surface area contributed by atoms with Gasteiger partial charge in [-0.25, -0.2) is 8.42 Å². The maximum absolute atomic E-state index is 11.5. The quantitative estimate of drug-likeness (QED) is 0.703. The fraction of sp³-hybridized carbons (Fsp3) is 0.700. The highest BCUT2D eigenvalue weighted by Crippen LogP contribution is 2.31. The summed E-state index contributed by atoms with van der Waals surface area (Å²) >= 11 is 1.07. The molecule has 0 bridgehead atoms. The van der Waals surface area contributed by atoms with Gasteiger partial charge < -0.3 is 15.8 Å². The molecule has 6 nitrogen and oxygen atoms in total. The highest BCUT2D eigenvalue weighted by Gasteiger charge is 2.20. The number of sulfone groups is 1. The first-order chi connectivity index (χ1) is 8.46. The summed E-state index contributed by atoms with van der Waals surface area (Å²) in [4.78, 5) is 0.0991. The third kappa shape index (κ3) is 4.43. The van der Waals surface area contributed by atoms with Crippen LogP contribution in [0.25, 0.3) is 0 Å². The Morgan fingerprint density at radius 2 is 2.17 bits per heavy atom. The maximum Gasteiger partial charge on any atom is 0.182 e. The lowest BCUT2D eigenvalue weighted by Gasteiger charge is -2.06. The van der Waals surface area contributed by atoms with Gasteiger partial charge in [0, 0.05) is 26.0 Å². The van der Waals surface area contributed by atoms with Gasteiger partial charge in [0.05, 0.1) is 0 Å². The molecule has 0 aliphatic carbocycles. The minimum absolute atomic E-state index is 0.0623. The minimum atomic E-state index is -3.34. The van der Waals surface area contributed by atoms with Crippen molar-refractivity contribution in [2.75, 3.05) is 37.1 Å². The molecular weight excluding hydrogens is 274 g/mol. The lowest BCUT2D eigenvalue weighted by Crippen LogP contribution is -2.08. The lowest BCUT2D eigenvalue weighted by atomic mass is 10.4. The molecule has 0 atom stereocenters. The van der Waals surface area contributed by atoms with E-state index < -0.39 is 9.84 Å². The molecule has 0 aliphatic heterocycles. The van der Waals surface area contributed by atoms with E-state index in [1.165, 1.54) is 0 Å². The third-order valence-corrected chi connectivity index (χ3v) is 4.25. The van der Waals surface area contributed by atoms with Crippen LogP contribution in [0.2, 0.25) is 0 Å². The van der Waals surface area contributed by atoms with Crippen LogP contribution in [0.1, 0.15) is 19.8 Å². The predicted octanol–water partition coefficient (Wildman–Crippen LogP) is 1.36. The van der Waals surface area contributed by atoms with Crippen LogP contribution in [-0.4, -0.2) is 38.8 Å². The molecule has 0 fully saturated rings. The summed E-state index contributed by atoms with van der Waals surface area (Å²) in [7, 11) is -3.34. The van der Waals surface area contributed by atoms with Gasteiger partial charge in [0.15, 0.2) is 15.7 Å². The number of rotatable bonds is 8. The monoisotopic (exact) mass is 293 g/mol. The minimum Gasteiger partial charge on any atom is -0.382 e. The van der Waals surface area contributed by atoms with Crippen molar-refractivity contribution in [2.45, 2.75) is 24.7 Å². The second-order valence-corrected chi connectivity index (χ2v) is 6.62. The summed E-state index contributed by atoms with van der Waals surface area (Å²) in [6.07, 6.45) is 2.93. The fourth-order valence-electron chi connectivity index (χ4n) is 1.39. The van der Waals surface area contributed by atoms with Gasteiger partial charge in [-0.2, -0.15) is 4.37 Å². The zero-order valence-electron chi connectivity index (χ0n) is 10.6. The van der Waals surface area contributed by atoms with Gasteiger partial charge in [0.25, 0.3) is 0 Å². The van der Waals surface area contributed by atoms with Gasteiger partial charge in [0.2, 0.25) is 0 Å². The molecule has 104 valence electrons. The molecule has 0 spiro atoms. The smallest absolute Gasteiger partial charge is 0.182 e. The molecule has 1 aromatic heterocycles. The topological polar surface area (TPSA) is 94.3 Å². The van der Waals surface area contributed by atoms with Crippen molar-refractivity contribution in [3.05, 3.63) is 0 Å². The molecule has 3 N–H and O–H groups in total. The zero-order chi connectivity index (χ0) is 13.6. The summed E-state index contributed by atoms with van der Waals surface area (Å²) in [6, 6.07) is 0. The molecule has 18 heavy (non-hydrogen) atoms. The van der Waals surface area contributed by atoms with E-state index in [0.29, 0.717) is 18.2 Å². The van der Waals surface area contributed by atoms with Crippen molar-refractivity contribution in [1.82, 2.24) is 4.37 Å². The molecule has 1 heterocycles.